The second-order valence-electron chi connectivity index (χ2n) is 4.99. The third kappa shape index (κ3) is 3.03. The highest BCUT2D eigenvalue weighted by Crippen LogP contribution is 2.16. The number of fused-ring (bicyclic) bond motifs is 1. The zero-order valence-corrected chi connectivity index (χ0v) is 10.5. The first-order chi connectivity index (χ1) is 8.19. The van der Waals surface area contributed by atoms with Crippen molar-refractivity contribution in [2.24, 2.45) is 17.6 Å². The van der Waals surface area contributed by atoms with Crippen molar-refractivity contribution >= 4 is 11.2 Å². The maximum absolute atomic E-state index is 5.81. The van der Waals surface area contributed by atoms with Gasteiger partial charge in [0, 0.05) is 12.6 Å². The lowest BCUT2D eigenvalue weighted by atomic mass is 9.94. The van der Waals surface area contributed by atoms with Gasteiger partial charge >= 0.3 is 0 Å². The zero-order valence-electron chi connectivity index (χ0n) is 10.5. The van der Waals surface area contributed by atoms with Crippen LogP contribution in [0.25, 0.3) is 11.2 Å². The fraction of sp³-hybridized carbons (Fsp3) is 0.538. The first-order valence-electron chi connectivity index (χ1n) is 6.18. The number of aromatic nitrogens is 3. The Hall–Kier alpha value is -1.42. The van der Waals surface area contributed by atoms with Crippen molar-refractivity contribution in [3.8, 4) is 0 Å². The molecule has 0 bridgehead atoms. The van der Waals surface area contributed by atoms with Crippen LogP contribution in [0.4, 0.5) is 0 Å². The molecule has 0 fully saturated rings. The first-order valence-corrected chi connectivity index (χ1v) is 6.18. The summed E-state index contributed by atoms with van der Waals surface area (Å²) in [5.74, 6) is 2.16. The molecule has 0 aromatic carbocycles. The molecule has 2 heterocycles. The SMILES string of the molecule is CC(C)CC(CN)Cc1nc2ncccc2[nH]1. The van der Waals surface area contributed by atoms with Gasteiger partial charge in [0.25, 0.3) is 0 Å². The van der Waals surface area contributed by atoms with Crippen LogP contribution in [0.2, 0.25) is 0 Å². The molecule has 1 atom stereocenters. The number of imidazole rings is 1. The van der Waals surface area contributed by atoms with Crippen molar-refractivity contribution in [3.05, 3.63) is 24.2 Å². The molecule has 2 aromatic heterocycles. The fourth-order valence-corrected chi connectivity index (χ4v) is 2.19. The van der Waals surface area contributed by atoms with E-state index >= 15 is 0 Å². The van der Waals surface area contributed by atoms with Gasteiger partial charge in [-0.3, -0.25) is 0 Å². The minimum Gasteiger partial charge on any atom is -0.341 e. The summed E-state index contributed by atoms with van der Waals surface area (Å²) in [7, 11) is 0. The van der Waals surface area contributed by atoms with Crippen LogP contribution in [-0.2, 0) is 6.42 Å². The lowest BCUT2D eigenvalue weighted by molar-refractivity contribution is 0.410. The summed E-state index contributed by atoms with van der Waals surface area (Å²) in [5, 5.41) is 0. The van der Waals surface area contributed by atoms with E-state index in [9.17, 15) is 0 Å². The number of H-pyrrole nitrogens is 1. The van der Waals surface area contributed by atoms with Gasteiger partial charge in [-0.2, -0.15) is 0 Å². The Balaban J connectivity index is 2.11. The molecule has 0 radical (unpaired) electrons. The molecule has 0 aliphatic heterocycles. The van der Waals surface area contributed by atoms with E-state index in [0.29, 0.717) is 18.4 Å². The van der Waals surface area contributed by atoms with E-state index in [0.717, 1.165) is 29.8 Å². The number of aromatic amines is 1. The maximum atomic E-state index is 5.81. The predicted octanol–water partition coefficient (Wildman–Crippen LogP) is 2.12. The topological polar surface area (TPSA) is 67.6 Å². The van der Waals surface area contributed by atoms with E-state index in [1.54, 1.807) is 6.20 Å². The molecule has 4 nitrogen and oxygen atoms in total. The number of hydrogen-bond donors (Lipinski definition) is 2. The molecule has 3 N–H and O–H groups in total. The Morgan fingerprint density at radius 1 is 1.41 bits per heavy atom. The van der Waals surface area contributed by atoms with Gasteiger partial charge in [0.1, 0.15) is 5.82 Å². The smallest absolute Gasteiger partial charge is 0.177 e. The number of nitrogens with zero attached hydrogens (tertiary/aromatic N) is 2. The summed E-state index contributed by atoms with van der Waals surface area (Å²) >= 11 is 0. The van der Waals surface area contributed by atoms with Crippen LogP contribution in [0.3, 0.4) is 0 Å². The molecule has 2 rings (SSSR count). The molecular weight excluding hydrogens is 212 g/mol. The molecule has 0 aliphatic rings. The minimum atomic E-state index is 0.496. The quantitative estimate of drug-likeness (QED) is 0.829. The van der Waals surface area contributed by atoms with E-state index in [-0.39, 0.29) is 0 Å². The summed E-state index contributed by atoms with van der Waals surface area (Å²) in [4.78, 5) is 12.0. The van der Waals surface area contributed by atoms with Crippen molar-refractivity contribution in [1.82, 2.24) is 15.0 Å². The maximum Gasteiger partial charge on any atom is 0.177 e. The molecule has 0 spiro atoms. The highest BCUT2D eigenvalue weighted by Gasteiger charge is 2.12. The average Bonchev–Trinajstić information content (AvgIpc) is 2.69. The van der Waals surface area contributed by atoms with Crippen molar-refractivity contribution in [2.75, 3.05) is 6.54 Å². The predicted molar refractivity (Wildman–Crippen MR) is 69.6 cm³/mol. The van der Waals surface area contributed by atoms with Gasteiger partial charge < -0.3 is 10.7 Å². The molecule has 2 aromatic rings. The van der Waals surface area contributed by atoms with Gasteiger partial charge in [-0.1, -0.05) is 13.8 Å². The molecule has 4 heteroatoms. The van der Waals surface area contributed by atoms with Gasteiger partial charge in [-0.25, -0.2) is 9.97 Å². The lowest BCUT2D eigenvalue weighted by Crippen LogP contribution is -2.19. The van der Waals surface area contributed by atoms with Crippen LogP contribution in [-0.4, -0.2) is 21.5 Å². The normalized spacial score (nSPS) is 13.4. The molecule has 92 valence electrons. The Kier molecular flexibility index (Phi) is 3.74. The highest BCUT2D eigenvalue weighted by atomic mass is 15.0. The van der Waals surface area contributed by atoms with Crippen LogP contribution in [0, 0.1) is 11.8 Å². The van der Waals surface area contributed by atoms with Crippen LogP contribution in [0.1, 0.15) is 26.1 Å². The van der Waals surface area contributed by atoms with Crippen LogP contribution < -0.4 is 5.73 Å². The minimum absolute atomic E-state index is 0.496. The van der Waals surface area contributed by atoms with Crippen LogP contribution in [0.15, 0.2) is 18.3 Å². The van der Waals surface area contributed by atoms with E-state index in [1.165, 1.54) is 0 Å². The largest absolute Gasteiger partial charge is 0.341 e. The molecular formula is C13H20N4. The Morgan fingerprint density at radius 3 is 2.88 bits per heavy atom. The van der Waals surface area contributed by atoms with Crippen molar-refractivity contribution in [3.63, 3.8) is 0 Å². The monoisotopic (exact) mass is 232 g/mol. The second-order valence-corrected chi connectivity index (χ2v) is 4.99. The average molecular weight is 232 g/mol. The Labute approximate surface area is 102 Å². The Morgan fingerprint density at radius 2 is 2.24 bits per heavy atom. The van der Waals surface area contributed by atoms with E-state index < -0.39 is 0 Å². The van der Waals surface area contributed by atoms with E-state index in [1.807, 2.05) is 12.1 Å². The van der Waals surface area contributed by atoms with Gasteiger partial charge in [-0.05, 0) is 36.9 Å². The Bertz CT molecular complexity index is 442. The number of rotatable bonds is 5. The molecule has 0 saturated carbocycles. The van der Waals surface area contributed by atoms with Crippen LogP contribution >= 0.6 is 0 Å². The van der Waals surface area contributed by atoms with Crippen molar-refractivity contribution < 1.29 is 0 Å². The zero-order chi connectivity index (χ0) is 12.3. The standard InChI is InChI=1S/C13H20N4/c1-9(2)6-10(8-14)7-12-16-11-4-3-5-15-13(11)17-12/h3-5,9-10H,6-8,14H2,1-2H3,(H,15,16,17). The summed E-state index contributed by atoms with van der Waals surface area (Å²) in [6.45, 7) is 5.16. The molecule has 17 heavy (non-hydrogen) atoms. The summed E-state index contributed by atoms with van der Waals surface area (Å²) in [6.07, 6.45) is 3.81. The molecule has 0 aliphatic carbocycles. The molecule has 0 saturated heterocycles. The van der Waals surface area contributed by atoms with Gasteiger partial charge in [0.05, 0.1) is 5.52 Å². The number of nitrogens with two attached hydrogens (primary N) is 1. The molecule has 0 amide bonds. The van der Waals surface area contributed by atoms with Gasteiger partial charge in [0.15, 0.2) is 5.65 Å². The van der Waals surface area contributed by atoms with Crippen molar-refractivity contribution in [1.29, 1.82) is 0 Å². The van der Waals surface area contributed by atoms with E-state index in [2.05, 4.69) is 28.8 Å². The summed E-state index contributed by atoms with van der Waals surface area (Å²) < 4.78 is 0. The van der Waals surface area contributed by atoms with Crippen LogP contribution in [0.5, 0.6) is 0 Å². The lowest BCUT2D eigenvalue weighted by Gasteiger charge is -2.15. The fourth-order valence-electron chi connectivity index (χ4n) is 2.19. The molecule has 1 unspecified atom stereocenters. The third-order valence-electron chi connectivity index (χ3n) is 2.93. The van der Waals surface area contributed by atoms with Gasteiger partial charge in [-0.15, -0.1) is 0 Å². The summed E-state index contributed by atoms with van der Waals surface area (Å²) in [6, 6.07) is 3.91. The number of hydrogen-bond acceptors (Lipinski definition) is 3. The van der Waals surface area contributed by atoms with Gasteiger partial charge in [0.2, 0.25) is 0 Å². The van der Waals surface area contributed by atoms with E-state index in [4.69, 9.17) is 5.73 Å². The van der Waals surface area contributed by atoms with Crippen molar-refractivity contribution in [2.45, 2.75) is 26.7 Å². The second kappa shape index (κ2) is 5.27. The highest BCUT2D eigenvalue weighted by molar-refractivity contribution is 5.69. The number of pyridine rings is 1. The summed E-state index contributed by atoms with van der Waals surface area (Å²) in [5.41, 5.74) is 7.60. The first kappa shape index (κ1) is 12.0. The number of nitrogens with one attached hydrogen (secondary N) is 1. The third-order valence-corrected chi connectivity index (χ3v) is 2.93.